The lowest BCUT2D eigenvalue weighted by Gasteiger charge is -2.36. The van der Waals surface area contributed by atoms with E-state index in [-0.39, 0.29) is 6.03 Å². The van der Waals surface area contributed by atoms with Crippen molar-refractivity contribution in [2.24, 2.45) is 0 Å². The number of nitrogens with one attached hydrogen (secondary N) is 1. The van der Waals surface area contributed by atoms with Gasteiger partial charge in [0.25, 0.3) is 0 Å². The predicted molar refractivity (Wildman–Crippen MR) is 109 cm³/mol. The van der Waals surface area contributed by atoms with Gasteiger partial charge in [-0.05, 0) is 30.2 Å². The van der Waals surface area contributed by atoms with Crippen LogP contribution in [-0.4, -0.2) is 43.7 Å². The fourth-order valence-corrected chi connectivity index (χ4v) is 3.48. The third kappa shape index (κ3) is 5.15. The Kier molecular flexibility index (Phi) is 6.96. The summed E-state index contributed by atoms with van der Waals surface area (Å²) in [5.41, 5.74) is 3.24. The molecule has 1 fully saturated rings. The zero-order valence-corrected chi connectivity index (χ0v) is 16.4. The minimum atomic E-state index is -0.0278. The molecule has 0 radical (unpaired) electrons. The fourth-order valence-electron chi connectivity index (χ4n) is 3.22. The van der Waals surface area contributed by atoms with Crippen LogP contribution in [0.25, 0.3) is 0 Å². The number of carbonyl (C=O) groups is 1. The van der Waals surface area contributed by atoms with Gasteiger partial charge in [-0.15, -0.1) is 0 Å². The average Bonchev–Trinajstić information content (AvgIpc) is 2.71. The maximum absolute atomic E-state index is 12.5. The summed E-state index contributed by atoms with van der Waals surface area (Å²) in [4.78, 5) is 16.6. The van der Waals surface area contributed by atoms with Crippen molar-refractivity contribution in [3.63, 3.8) is 0 Å². The molecule has 6 heteroatoms. The van der Waals surface area contributed by atoms with Crippen LogP contribution >= 0.6 is 11.6 Å². The first-order valence-electron chi connectivity index (χ1n) is 9.36. The van der Waals surface area contributed by atoms with Crippen LogP contribution in [-0.2, 0) is 17.9 Å². The number of para-hydroxylation sites is 1. The zero-order chi connectivity index (χ0) is 19.1. The highest BCUT2D eigenvalue weighted by atomic mass is 35.5. The molecular weight excluding hydrogens is 362 g/mol. The first-order valence-corrected chi connectivity index (χ1v) is 9.73. The predicted octanol–water partition coefficient (Wildman–Crippen LogP) is 3.91. The van der Waals surface area contributed by atoms with E-state index in [1.54, 1.807) is 0 Å². The number of hydrogen-bond donors (Lipinski definition) is 1. The Hall–Kier alpha value is -2.24. The molecule has 1 aliphatic rings. The van der Waals surface area contributed by atoms with Crippen molar-refractivity contribution in [3.05, 3.63) is 64.7 Å². The monoisotopic (exact) mass is 387 g/mol. The molecule has 0 spiro atoms. The number of ether oxygens (including phenoxy) is 1. The topological polar surface area (TPSA) is 44.8 Å². The van der Waals surface area contributed by atoms with E-state index >= 15 is 0 Å². The van der Waals surface area contributed by atoms with E-state index < -0.39 is 0 Å². The van der Waals surface area contributed by atoms with Crippen LogP contribution in [0.15, 0.2) is 48.5 Å². The Morgan fingerprint density at radius 2 is 1.70 bits per heavy atom. The fraction of sp³-hybridized carbons (Fsp3) is 0.381. The van der Waals surface area contributed by atoms with Crippen molar-refractivity contribution < 1.29 is 9.53 Å². The summed E-state index contributed by atoms with van der Waals surface area (Å²) < 4.78 is 5.51. The molecule has 2 amide bonds. The van der Waals surface area contributed by atoms with Gasteiger partial charge in [-0.3, -0.25) is 0 Å². The quantitative estimate of drug-likeness (QED) is 0.817. The molecule has 0 unspecified atom stereocenters. The van der Waals surface area contributed by atoms with Crippen molar-refractivity contribution in [1.29, 1.82) is 0 Å². The van der Waals surface area contributed by atoms with Gasteiger partial charge in [0.1, 0.15) is 0 Å². The maximum Gasteiger partial charge on any atom is 0.317 e. The Bertz CT molecular complexity index is 761. The second kappa shape index (κ2) is 9.62. The molecule has 1 heterocycles. The van der Waals surface area contributed by atoms with E-state index in [0.717, 1.165) is 34.9 Å². The van der Waals surface area contributed by atoms with Gasteiger partial charge in [0, 0.05) is 39.3 Å². The summed E-state index contributed by atoms with van der Waals surface area (Å²) in [5, 5.41) is 3.79. The average molecular weight is 388 g/mol. The normalized spacial score (nSPS) is 14.3. The second-order valence-electron chi connectivity index (χ2n) is 6.49. The Morgan fingerprint density at radius 3 is 2.41 bits per heavy atom. The summed E-state index contributed by atoms with van der Waals surface area (Å²) in [6, 6.07) is 15.9. The first kappa shape index (κ1) is 19.5. The van der Waals surface area contributed by atoms with E-state index in [1.165, 1.54) is 0 Å². The lowest BCUT2D eigenvalue weighted by Crippen LogP contribution is -2.51. The summed E-state index contributed by atoms with van der Waals surface area (Å²) in [6.07, 6.45) is 0. The number of urea groups is 1. The van der Waals surface area contributed by atoms with Crippen LogP contribution in [0.4, 0.5) is 10.5 Å². The molecule has 1 saturated heterocycles. The van der Waals surface area contributed by atoms with Crippen molar-refractivity contribution >= 4 is 23.3 Å². The van der Waals surface area contributed by atoms with Gasteiger partial charge in [0.2, 0.25) is 0 Å². The molecule has 2 aromatic carbocycles. The highest BCUT2D eigenvalue weighted by molar-refractivity contribution is 6.33. The van der Waals surface area contributed by atoms with Crippen LogP contribution in [0.2, 0.25) is 5.02 Å². The van der Waals surface area contributed by atoms with Crippen LogP contribution in [0.1, 0.15) is 18.1 Å². The molecule has 1 N–H and O–H groups in total. The number of benzene rings is 2. The molecule has 0 saturated carbocycles. The van der Waals surface area contributed by atoms with E-state index in [4.69, 9.17) is 16.3 Å². The zero-order valence-electron chi connectivity index (χ0n) is 15.7. The number of anilines is 1. The van der Waals surface area contributed by atoms with Gasteiger partial charge in [-0.2, -0.15) is 0 Å². The molecule has 5 nitrogen and oxygen atoms in total. The maximum atomic E-state index is 12.5. The van der Waals surface area contributed by atoms with Crippen molar-refractivity contribution in [2.45, 2.75) is 20.1 Å². The van der Waals surface area contributed by atoms with Crippen molar-refractivity contribution in [2.75, 3.05) is 37.7 Å². The lowest BCUT2D eigenvalue weighted by atomic mass is 10.1. The third-order valence-corrected chi connectivity index (χ3v) is 5.09. The van der Waals surface area contributed by atoms with Crippen molar-refractivity contribution in [3.8, 4) is 0 Å². The Morgan fingerprint density at radius 1 is 1.04 bits per heavy atom. The smallest absolute Gasteiger partial charge is 0.317 e. The molecular formula is C21H26ClN3O2. The van der Waals surface area contributed by atoms with Crippen LogP contribution < -0.4 is 10.2 Å². The van der Waals surface area contributed by atoms with Crippen LogP contribution in [0, 0.1) is 0 Å². The second-order valence-corrected chi connectivity index (χ2v) is 6.90. The molecule has 2 aromatic rings. The van der Waals surface area contributed by atoms with Gasteiger partial charge < -0.3 is 19.9 Å². The summed E-state index contributed by atoms with van der Waals surface area (Å²) in [5.74, 6) is 0. The van der Waals surface area contributed by atoms with E-state index in [9.17, 15) is 4.79 Å². The first-order chi connectivity index (χ1) is 13.2. The number of nitrogens with zero attached hydrogens (tertiary/aromatic N) is 2. The number of piperazine rings is 1. The highest BCUT2D eigenvalue weighted by Crippen LogP contribution is 2.26. The molecule has 3 rings (SSSR count). The van der Waals surface area contributed by atoms with Crippen molar-refractivity contribution in [1.82, 2.24) is 10.2 Å². The largest absolute Gasteiger partial charge is 0.377 e. The molecule has 0 aromatic heterocycles. The van der Waals surface area contributed by atoms with E-state index in [0.29, 0.717) is 32.8 Å². The minimum Gasteiger partial charge on any atom is -0.377 e. The summed E-state index contributed by atoms with van der Waals surface area (Å²) in [7, 11) is 0. The number of hydrogen-bond acceptors (Lipinski definition) is 3. The molecule has 0 atom stereocenters. The third-order valence-electron chi connectivity index (χ3n) is 4.77. The molecule has 0 aliphatic carbocycles. The number of carbonyl (C=O) groups excluding carboxylic acids is 1. The van der Waals surface area contributed by atoms with Gasteiger partial charge in [0.05, 0.1) is 17.3 Å². The minimum absolute atomic E-state index is 0.0278. The SMILES string of the molecule is CCOCc1ccccc1CNC(=O)N1CCN(c2ccccc2Cl)CC1. The Labute approximate surface area is 165 Å². The summed E-state index contributed by atoms with van der Waals surface area (Å²) >= 11 is 6.28. The van der Waals surface area contributed by atoms with Gasteiger partial charge in [0.15, 0.2) is 0 Å². The van der Waals surface area contributed by atoms with Crippen LogP contribution in [0.3, 0.4) is 0 Å². The molecule has 144 valence electrons. The lowest BCUT2D eigenvalue weighted by molar-refractivity contribution is 0.133. The number of rotatable bonds is 6. The van der Waals surface area contributed by atoms with Crippen LogP contribution in [0.5, 0.6) is 0 Å². The number of amides is 2. The van der Waals surface area contributed by atoms with Gasteiger partial charge in [-0.1, -0.05) is 48.0 Å². The van der Waals surface area contributed by atoms with E-state index in [1.807, 2.05) is 60.4 Å². The highest BCUT2D eigenvalue weighted by Gasteiger charge is 2.22. The van der Waals surface area contributed by atoms with E-state index in [2.05, 4.69) is 10.2 Å². The molecule has 1 aliphatic heterocycles. The summed E-state index contributed by atoms with van der Waals surface area (Å²) in [6.45, 7) is 6.64. The molecule has 0 bridgehead atoms. The van der Waals surface area contributed by atoms with Gasteiger partial charge in [-0.25, -0.2) is 4.79 Å². The standard InChI is InChI=1S/C21H26ClN3O2/c1-2-27-16-18-8-4-3-7-17(18)15-23-21(26)25-13-11-24(12-14-25)20-10-6-5-9-19(20)22/h3-10H,2,11-16H2,1H3,(H,23,26). The van der Waals surface area contributed by atoms with Gasteiger partial charge >= 0.3 is 6.03 Å². The molecule has 27 heavy (non-hydrogen) atoms. The number of halogens is 1. The Balaban J connectivity index is 1.51.